The van der Waals surface area contributed by atoms with Crippen molar-refractivity contribution in [1.82, 2.24) is 5.32 Å². The highest BCUT2D eigenvalue weighted by molar-refractivity contribution is 8.00. The molecule has 2 rings (SSSR count). The second-order valence-electron chi connectivity index (χ2n) is 5.18. The molecule has 0 atom stereocenters. The number of amides is 1. The van der Waals surface area contributed by atoms with E-state index in [1.54, 1.807) is 12.1 Å². The summed E-state index contributed by atoms with van der Waals surface area (Å²) >= 11 is 7.29. The normalized spacial score (nSPS) is 14.6. The first-order valence-electron chi connectivity index (χ1n) is 7.27. The lowest BCUT2D eigenvalue weighted by molar-refractivity contribution is -0.118. The average Bonchev–Trinajstić information content (AvgIpc) is 2.47. The van der Waals surface area contributed by atoms with E-state index in [-0.39, 0.29) is 5.91 Å². The Hall–Kier alpha value is -1.13. The minimum absolute atomic E-state index is 0.0470. The lowest BCUT2D eigenvalue weighted by Gasteiger charge is -2.13. The molecule has 0 saturated heterocycles. The van der Waals surface area contributed by atoms with Gasteiger partial charge in [0.2, 0.25) is 5.91 Å². The highest BCUT2D eigenvalue weighted by Crippen LogP contribution is 2.27. The van der Waals surface area contributed by atoms with Crippen LogP contribution in [0.25, 0.3) is 0 Å². The maximum absolute atomic E-state index is 11.8. The molecule has 0 spiro atoms. The Morgan fingerprint density at radius 3 is 2.95 bits per heavy atom. The van der Waals surface area contributed by atoms with Crippen molar-refractivity contribution in [2.45, 2.75) is 37.0 Å². The minimum Gasteiger partial charge on any atom is -0.398 e. The average molecular weight is 325 g/mol. The molecule has 1 aliphatic carbocycles. The lowest BCUT2D eigenvalue weighted by atomic mass is 9.97. The smallest absolute Gasteiger partial charge is 0.230 e. The molecule has 21 heavy (non-hydrogen) atoms. The predicted molar refractivity (Wildman–Crippen MR) is 90.8 cm³/mol. The van der Waals surface area contributed by atoms with E-state index in [0.29, 0.717) is 16.5 Å². The second kappa shape index (κ2) is 8.35. The number of nitrogen functional groups attached to an aromatic ring is 1. The van der Waals surface area contributed by atoms with Crippen LogP contribution in [0.15, 0.2) is 34.7 Å². The molecule has 0 saturated carbocycles. The number of carbonyl (C=O) groups excluding carboxylic acids is 1. The standard InChI is InChI=1S/C16H21ClN2OS/c17-13-6-7-15(14(18)10-13)21-11-16(20)19-9-8-12-4-2-1-3-5-12/h4,6-7,10H,1-3,5,8-9,11,18H2,(H,19,20). The summed E-state index contributed by atoms with van der Waals surface area (Å²) in [6.07, 6.45) is 8.25. The first-order valence-corrected chi connectivity index (χ1v) is 8.64. The summed E-state index contributed by atoms with van der Waals surface area (Å²) in [5.41, 5.74) is 7.96. The third kappa shape index (κ3) is 5.64. The zero-order valence-electron chi connectivity index (χ0n) is 12.0. The van der Waals surface area contributed by atoms with Gasteiger partial charge in [0.05, 0.1) is 5.75 Å². The molecule has 5 heteroatoms. The maximum Gasteiger partial charge on any atom is 0.230 e. The number of hydrogen-bond acceptors (Lipinski definition) is 3. The van der Waals surface area contributed by atoms with Crippen LogP contribution < -0.4 is 11.1 Å². The van der Waals surface area contributed by atoms with E-state index in [0.717, 1.165) is 17.9 Å². The molecule has 0 fully saturated rings. The monoisotopic (exact) mass is 324 g/mol. The molecule has 3 N–H and O–H groups in total. The van der Waals surface area contributed by atoms with Crippen molar-refractivity contribution in [2.75, 3.05) is 18.0 Å². The molecule has 1 amide bonds. The Labute approximate surface area is 135 Å². The molecule has 0 bridgehead atoms. The van der Waals surface area contributed by atoms with Crippen molar-refractivity contribution < 1.29 is 4.79 Å². The summed E-state index contributed by atoms with van der Waals surface area (Å²) in [5.74, 6) is 0.427. The maximum atomic E-state index is 11.8. The largest absolute Gasteiger partial charge is 0.398 e. The van der Waals surface area contributed by atoms with Gasteiger partial charge in [-0.1, -0.05) is 23.3 Å². The summed E-state index contributed by atoms with van der Waals surface area (Å²) in [7, 11) is 0. The van der Waals surface area contributed by atoms with Gasteiger partial charge in [0, 0.05) is 22.2 Å². The Bertz CT molecular complexity index is 531. The third-order valence-electron chi connectivity index (χ3n) is 3.48. The van der Waals surface area contributed by atoms with Crippen LogP contribution in [0.5, 0.6) is 0 Å². The van der Waals surface area contributed by atoms with Crippen LogP contribution in [0.2, 0.25) is 5.02 Å². The van der Waals surface area contributed by atoms with Crippen LogP contribution in [0.3, 0.4) is 0 Å². The van der Waals surface area contributed by atoms with Crippen LogP contribution in [0, 0.1) is 0 Å². The number of carbonyl (C=O) groups is 1. The molecule has 0 unspecified atom stereocenters. The van der Waals surface area contributed by atoms with E-state index >= 15 is 0 Å². The summed E-state index contributed by atoms with van der Waals surface area (Å²) < 4.78 is 0. The number of hydrogen-bond donors (Lipinski definition) is 2. The highest BCUT2D eigenvalue weighted by Gasteiger charge is 2.07. The highest BCUT2D eigenvalue weighted by atomic mass is 35.5. The van der Waals surface area contributed by atoms with Gasteiger partial charge in [-0.3, -0.25) is 4.79 Å². The zero-order chi connectivity index (χ0) is 15.1. The first-order chi connectivity index (χ1) is 10.1. The van der Waals surface area contributed by atoms with E-state index in [1.807, 2.05) is 6.07 Å². The molecule has 1 aromatic carbocycles. The zero-order valence-corrected chi connectivity index (χ0v) is 13.6. The van der Waals surface area contributed by atoms with Gasteiger partial charge in [0.1, 0.15) is 0 Å². The summed E-state index contributed by atoms with van der Waals surface area (Å²) in [5, 5.41) is 3.58. The summed E-state index contributed by atoms with van der Waals surface area (Å²) in [6.45, 7) is 0.724. The summed E-state index contributed by atoms with van der Waals surface area (Å²) in [6, 6.07) is 5.34. The molecule has 0 aromatic heterocycles. The number of thioether (sulfide) groups is 1. The molecule has 0 aliphatic heterocycles. The molecule has 114 valence electrons. The molecule has 0 heterocycles. The van der Waals surface area contributed by atoms with Gasteiger partial charge in [0.25, 0.3) is 0 Å². The fourth-order valence-electron chi connectivity index (χ4n) is 2.34. The van der Waals surface area contributed by atoms with Crippen molar-refractivity contribution >= 4 is 35.0 Å². The van der Waals surface area contributed by atoms with Crippen molar-refractivity contribution in [1.29, 1.82) is 0 Å². The van der Waals surface area contributed by atoms with E-state index in [4.69, 9.17) is 17.3 Å². The predicted octanol–water partition coefficient (Wildman–Crippen LogP) is 4.02. The Kier molecular flexibility index (Phi) is 6.46. The van der Waals surface area contributed by atoms with Gasteiger partial charge >= 0.3 is 0 Å². The quantitative estimate of drug-likeness (QED) is 0.472. The number of nitrogens with two attached hydrogens (primary N) is 1. The number of nitrogens with one attached hydrogen (secondary N) is 1. The molecule has 1 aliphatic rings. The van der Waals surface area contributed by atoms with Crippen molar-refractivity contribution in [3.8, 4) is 0 Å². The Morgan fingerprint density at radius 2 is 2.24 bits per heavy atom. The molecule has 1 aromatic rings. The molecule has 0 radical (unpaired) electrons. The Balaban J connectivity index is 1.68. The Morgan fingerprint density at radius 1 is 1.38 bits per heavy atom. The fourth-order valence-corrected chi connectivity index (χ4v) is 3.30. The molecular weight excluding hydrogens is 304 g/mol. The van der Waals surface area contributed by atoms with Crippen molar-refractivity contribution in [3.63, 3.8) is 0 Å². The summed E-state index contributed by atoms with van der Waals surface area (Å²) in [4.78, 5) is 12.7. The topological polar surface area (TPSA) is 55.1 Å². The van der Waals surface area contributed by atoms with E-state index in [1.165, 1.54) is 43.0 Å². The second-order valence-corrected chi connectivity index (χ2v) is 6.63. The van der Waals surface area contributed by atoms with Gasteiger partial charge < -0.3 is 11.1 Å². The SMILES string of the molecule is Nc1cc(Cl)ccc1SCC(=O)NCCC1=CCCCC1. The van der Waals surface area contributed by atoms with Crippen LogP contribution >= 0.6 is 23.4 Å². The van der Waals surface area contributed by atoms with Crippen LogP contribution in [-0.2, 0) is 4.79 Å². The number of benzene rings is 1. The van der Waals surface area contributed by atoms with Crippen LogP contribution in [-0.4, -0.2) is 18.2 Å². The first kappa shape index (κ1) is 16.2. The fraction of sp³-hybridized carbons (Fsp3) is 0.438. The van der Waals surface area contributed by atoms with Gasteiger partial charge in [-0.2, -0.15) is 0 Å². The lowest BCUT2D eigenvalue weighted by Crippen LogP contribution is -2.26. The number of rotatable bonds is 6. The third-order valence-corrected chi connectivity index (χ3v) is 4.81. The van der Waals surface area contributed by atoms with E-state index in [2.05, 4.69) is 11.4 Å². The number of halogens is 1. The number of allylic oxidation sites excluding steroid dienone is 1. The van der Waals surface area contributed by atoms with Gasteiger partial charge in [-0.15, -0.1) is 11.8 Å². The van der Waals surface area contributed by atoms with Crippen molar-refractivity contribution in [2.24, 2.45) is 0 Å². The number of anilines is 1. The van der Waals surface area contributed by atoms with Crippen LogP contribution in [0.1, 0.15) is 32.1 Å². The van der Waals surface area contributed by atoms with Crippen LogP contribution in [0.4, 0.5) is 5.69 Å². The minimum atomic E-state index is 0.0470. The van der Waals surface area contributed by atoms with Crippen molar-refractivity contribution in [3.05, 3.63) is 34.9 Å². The van der Waals surface area contributed by atoms with Gasteiger partial charge in [0.15, 0.2) is 0 Å². The van der Waals surface area contributed by atoms with E-state index in [9.17, 15) is 4.79 Å². The molecule has 3 nitrogen and oxygen atoms in total. The van der Waals surface area contributed by atoms with E-state index < -0.39 is 0 Å². The molecular formula is C16H21ClN2OS. The van der Waals surface area contributed by atoms with Gasteiger partial charge in [-0.05, 0) is 50.3 Å². The van der Waals surface area contributed by atoms with Gasteiger partial charge in [-0.25, -0.2) is 0 Å².